The third-order valence-corrected chi connectivity index (χ3v) is 14.3. The number of likely N-dealkylation sites (tertiary alicyclic amines) is 2. The fraction of sp³-hybridized carbons (Fsp3) is 0.393. The number of nitrogens with one attached hydrogen (secondary N) is 2. The second kappa shape index (κ2) is 22.2. The van der Waals surface area contributed by atoms with Crippen molar-refractivity contribution in [2.45, 2.75) is 127 Å². The van der Waals surface area contributed by atoms with E-state index < -0.39 is 35.1 Å². The van der Waals surface area contributed by atoms with Crippen molar-refractivity contribution >= 4 is 40.7 Å². The Morgan fingerprint density at radius 3 is 1.29 bits per heavy atom. The van der Waals surface area contributed by atoms with Gasteiger partial charge in [0.05, 0.1) is 23.0 Å². The third kappa shape index (κ3) is 11.1. The molecule has 12 heteroatoms. The Bertz CT molecular complexity index is 2310. The van der Waals surface area contributed by atoms with Crippen LogP contribution in [0, 0.1) is 5.82 Å². The van der Waals surface area contributed by atoms with Gasteiger partial charge >= 0.3 is 0 Å². The first-order chi connectivity index (χ1) is 32.8. The van der Waals surface area contributed by atoms with Crippen molar-refractivity contribution in [3.63, 3.8) is 0 Å². The van der Waals surface area contributed by atoms with Gasteiger partial charge in [-0.1, -0.05) is 113 Å². The maximum Gasteiger partial charge on any atom is 0.247 e. The van der Waals surface area contributed by atoms with Crippen LogP contribution in [0.1, 0.15) is 113 Å². The van der Waals surface area contributed by atoms with E-state index in [4.69, 9.17) is 0 Å². The van der Waals surface area contributed by atoms with Crippen LogP contribution in [-0.4, -0.2) is 80.0 Å². The molecule has 358 valence electrons. The van der Waals surface area contributed by atoms with Gasteiger partial charge in [-0.15, -0.1) is 0 Å². The second-order valence-electron chi connectivity index (χ2n) is 18.4. The Hall–Kier alpha value is -6.37. The smallest absolute Gasteiger partial charge is 0.247 e. The third-order valence-electron chi connectivity index (χ3n) is 14.3. The van der Waals surface area contributed by atoms with E-state index in [9.17, 15) is 33.8 Å². The normalized spacial score (nSPS) is 17.1. The molecule has 0 radical (unpaired) electrons. The van der Waals surface area contributed by atoms with E-state index in [1.54, 1.807) is 21.9 Å². The van der Waals surface area contributed by atoms with E-state index in [1.807, 2.05) is 137 Å². The zero-order valence-electron chi connectivity index (χ0n) is 39.7. The van der Waals surface area contributed by atoms with Gasteiger partial charge < -0.3 is 35.5 Å². The monoisotopic (exact) mass is 923 g/mol. The lowest BCUT2D eigenvalue weighted by molar-refractivity contribution is -0.144. The summed E-state index contributed by atoms with van der Waals surface area (Å²) in [5.74, 6) is -2.98. The molecule has 68 heavy (non-hydrogen) atoms. The van der Waals surface area contributed by atoms with Gasteiger partial charge in [0, 0.05) is 43.2 Å². The van der Waals surface area contributed by atoms with E-state index in [-0.39, 0.29) is 29.4 Å². The van der Waals surface area contributed by atoms with Gasteiger partial charge in [0.1, 0.15) is 17.9 Å². The number of carbonyl (C=O) groups excluding carboxylic acids is 4. The maximum absolute atomic E-state index is 14.3. The summed E-state index contributed by atoms with van der Waals surface area (Å²) in [5, 5.41) is 29.4. The molecule has 7 rings (SSSR count). The number of rotatable bonds is 19. The highest BCUT2D eigenvalue weighted by atomic mass is 19.1. The molecule has 5 aromatic rings. The molecule has 11 nitrogen and oxygen atoms in total. The van der Waals surface area contributed by atoms with Crippen molar-refractivity contribution in [3.05, 3.63) is 162 Å². The van der Waals surface area contributed by atoms with Crippen LogP contribution in [0.25, 0.3) is 0 Å². The van der Waals surface area contributed by atoms with Gasteiger partial charge in [0.15, 0.2) is 0 Å². The number of hydrogen-bond acceptors (Lipinski definition) is 7. The van der Waals surface area contributed by atoms with Crippen LogP contribution in [0.3, 0.4) is 0 Å². The van der Waals surface area contributed by atoms with Crippen molar-refractivity contribution in [2.24, 2.45) is 0 Å². The Morgan fingerprint density at radius 2 is 0.941 bits per heavy atom. The number of hydrogen-bond donors (Lipinski definition) is 4. The highest BCUT2D eigenvalue weighted by Crippen LogP contribution is 2.39. The van der Waals surface area contributed by atoms with Crippen molar-refractivity contribution in [1.29, 1.82) is 0 Å². The molecule has 0 aromatic heterocycles. The number of amides is 4. The molecule has 0 aliphatic carbocycles. The van der Waals surface area contributed by atoms with E-state index >= 15 is 0 Å². The van der Waals surface area contributed by atoms with Gasteiger partial charge in [-0.3, -0.25) is 19.2 Å². The number of nitrogens with zero attached hydrogens (tertiary/aromatic N) is 3. The summed E-state index contributed by atoms with van der Waals surface area (Å²) >= 11 is 0. The molecule has 0 spiro atoms. The second-order valence-corrected chi connectivity index (χ2v) is 18.4. The number of benzene rings is 5. The van der Waals surface area contributed by atoms with Crippen LogP contribution in [0.4, 0.5) is 21.5 Å². The number of carbonyl (C=O) groups is 4. The lowest BCUT2D eigenvalue weighted by Gasteiger charge is -2.37. The fourth-order valence-corrected chi connectivity index (χ4v) is 10.1. The fourth-order valence-electron chi connectivity index (χ4n) is 10.1. The minimum atomic E-state index is -1.25. The number of aliphatic hydroxyl groups is 2. The van der Waals surface area contributed by atoms with Crippen molar-refractivity contribution in [1.82, 2.24) is 9.80 Å². The quantitative estimate of drug-likeness (QED) is 0.0647. The standard InChI is InChI=1S/C56H66FN5O6/c1-5-55(67,6-2)49(41-17-11-9-12-18-41)53(65)61-35-15-21-47(61)51(63)58-44-29-23-39(24-30-44)37-60(46-33-27-43(57)28-34-46)38-40-25-31-45(32-26-40)59-52(64)48-22-16-36-62(48)54(66)50(56(68,7-3)8-4)42-19-13-10-14-20-42/h9-14,17-20,23-34,47-50,67-68H,5-8,15-16,21-22,35-38H2,1-4H3,(H,58,63)(H,59,64)/t47-,48-,49?,50?/m0/s1. The summed E-state index contributed by atoms with van der Waals surface area (Å²) in [6.45, 7) is 9.31. The lowest BCUT2D eigenvalue weighted by Crippen LogP contribution is -2.50. The van der Waals surface area contributed by atoms with Gasteiger partial charge in [0.2, 0.25) is 23.6 Å². The molecule has 4 atom stereocenters. The molecule has 0 bridgehead atoms. The molecule has 2 aliphatic heterocycles. The van der Waals surface area contributed by atoms with Gasteiger partial charge in [0.25, 0.3) is 0 Å². The van der Waals surface area contributed by atoms with E-state index in [2.05, 4.69) is 15.5 Å². The first-order valence-electron chi connectivity index (χ1n) is 24.3. The molecular weight excluding hydrogens is 858 g/mol. The zero-order chi connectivity index (χ0) is 48.4. The highest BCUT2D eigenvalue weighted by Gasteiger charge is 2.47. The Labute approximate surface area is 400 Å². The van der Waals surface area contributed by atoms with Gasteiger partial charge in [-0.2, -0.15) is 0 Å². The molecule has 2 heterocycles. The van der Waals surface area contributed by atoms with E-state index in [0.717, 1.165) is 27.9 Å². The first kappa shape index (κ1) is 49.5. The molecule has 5 aromatic carbocycles. The van der Waals surface area contributed by atoms with E-state index in [1.165, 1.54) is 12.1 Å². The zero-order valence-corrected chi connectivity index (χ0v) is 39.7. The van der Waals surface area contributed by atoms with Crippen LogP contribution in [0.15, 0.2) is 133 Å². The lowest BCUT2D eigenvalue weighted by atomic mass is 9.77. The van der Waals surface area contributed by atoms with E-state index in [0.29, 0.717) is 88.9 Å². The maximum atomic E-state index is 14.3. The van der Waals surface area contributed by atoms with Crippen LogP contribution in [0.5, 0.6) is 0 Å². The Morgan fingerprint density at radius 1 is 0.574 bits per heavy atom. The highest BCUT2D eigenvalue weighted by molar-refractivity contribution is 5.99. The summed E-state index contributed by atoms with van der Waals surface area (Å²) in [4.78, 5) is 61.5. The number of halogens is 1. The first-order valence-corrected chi connectivity index (χ1v) is 24.3. The van der Waals surface area contributed by atoms with Crippen molar-refractivity contribution in [3.8, 4) is 0 Å². The molecule has 2 unspecified atom stereocenters. The van der Waals surface area contributed by atoms with Crippen LogP contribution in [0.2, 0.25) is 0 Å². The summed E-state index contributed by atoms with van der Waals surface area (Å²) < 4.78 is 14.1. The van der Waals surface area contributed by atoms with Crippen LogP contribution in [-0.2, 0) is 32.3 Å². The predicted molar refractivity (Wildman–Crippen MR) is 265 cm³/mol. The Balaban J connectivity index is 1.00. The SMILES string of the molecule is CCC(O)(CC)C(C(=O)N1CCC[C@H]1C(=O)Nc1ccc(CN(Cc2ccc(NC(=O)[C@@H]3CCCN3C(=O)C(c3ccccc3)C(O)(CC)CC)cc2)c2ccc(F)cc2)cc1)c1ccccc1. The molecule has 4 N–H and O–H groups in total. The predicted octanol–water partition coefficient (Wildman–Crippen LogP) is 9.56. The van der Waals surface area contributed by atoms with Crippen LogP contribution < -0.4 is 15.5 Å². The van der Waals surface area contributed by atoms with Gasteiger partial charge in [-0.05, 0) is 122 Å². The summed E-state index contributed by atoms with van der Waals surface area (Å²) in [6, 6.07) is 38.7. The molecule has 2 fully saturated rings. The van der Waals surface area contributed by atoms with Crippen molar-refractivity contribution < 1.29 is 33.8 Å². The summed E-state index contributed by atoms with van der Waals surface area (Å²) in [6.07, 6.45) is 3.98. The molecule has 2 aliphatic rings. The average molecular weight is 924 g/mol. The largest absolute Gasteiger partial charge is 0.389 e. The molecule has 2 saturated heterocycles. The molecule has 4 amide bonds. The minimum absolute atomic E-state index is 0.244. The Kier molecular flexibility index (Phi) is 16.1. The average Bonchev–Trinajstić information content (AvgIpc) is 4.08. The summed E-state index contributed by atoms with van der Waals surface area (Å²) in [5.41, 5.74) is 2.82. The van der Waals surface area contributed by atoms with Crippen LogP contribution >= 0.6 is 0 Å². The number of anilines is 3. The molecular formula is C56H66FN5O6. The molecule has 0 saturated carbocycles. The topological polar surface area (TPSA) is 143 Å². The van der Waals surface area contributed by atoms with Gasteiger partial charge in [-0.25, -0.2) is 4.39 Å². The van der Waals surface area contributed by atoms with Crippen molar-refractivity contribution in [2.75, 3.05) is 28.6 Å². The minimum Gasteiger partial charge on any atom is -0.389 e. The summed E-state index contributed by atoms with van der Waals surface area (Å²) in [7, 11) is 0.